The predicted octanol–water partition coefficient (Wildman–Crippen LogP) is 2.72. The fourth-order valence-electron chi connectivity index (χ4n) is 2.05. The lowest BCUT2D eigenvalue weighted by molar-refractivity contribution is 0.134. The van der Waals surface area contributed by atoms with Crippen LogP contribution in [0, 0.1) is 13.8 Å². The number of hydrogen-bond donors (Lipinski definition) is 1. The van der Waals surface area contributed by atoms with Gasteiger partial charge in [-0.05, 0) is 38.8 Å². The summed E-state index contributed by atoms with van der Waals surface area (Å²) in [5.74, 6) is 0.990. The van der Waals surface area contributed by atoms with Crippen molar-refractivity contribution in [1.29, 1.82) is 0 Å². The Balaban J connectivity index is 2.61. The lowest BCUT2D eigenvalue weighted by Gasteiger charge is -2.17. The lowest BCUT2D eigenvalue weighted by Crippen LogP contribution is -2.24. The van der Waals surface area contributed by atoms with E-state index in [1.54, 1.807) is 0 Å². The number of aromatic hydroxyl groups is 1. The van der Waals surface area contributed by atoms with Gasteiger partial charge in [-0.15, -0.1) is 0 Å². The molecule has 1 N–H and O–H groups in total. The van der Waals surface area contributed by atoms with Gasteiger partial charge in [-0.25, -0.2) is 0 Å². The molecule has 1 aliphatic rings. The zero-order valence-electron chi connectivity index (χ0n) is 9.14. The number of rotatable bonds is 0. The second kappa shape index (κ2) is 2.66. The molecule has 0 unspecified atom stereocenters. The van der Waals surface area contributed by atoms with E-state index < -0.39 is 0 Å². The van der Waals surface area contributed by atoms with Gasteiger partial charge in [-0.2, -0.15) is 0 Å². The average molecular weight is 192 g/mol. The number of fused-ring (bicyclic) bond motifs is 1. The minimum Gasteiger partial charge on any atom is -0.504 e. The van der Waals surface area contributed by atoms with E-state index in [0.29, 0.717) is 11.5 Å². The molecular weight excluding hydrogens is 176 g/mol. The molecular formula is C12H16O2. The third-order valence-electron chi connectivity index (χ3n) is 2.75. The van der Waals surface area contributed by atoms with Gasteiger partial charge < -0.3 is 9.84 Å². The van der Waals surface area contributed by atoms with Gasteiger partial charge in [0.2, 0.25) is 0 Å². The Morgan fingerprint density at radius 1 is 1.29 bits per heavy atom. The smallest absolute Gasteiger partial charge is 0.165 e. The molecule has 0 saturated heterocycles. The molecule has 1 aliphatic heterocycles. The Bertz CT molecular complexity index is 392. The average Bonchev–Trinajstić information content (AvgIpc) is 2.38. The van der Waals surface area contributed by atoms with Crippen LogP contribution in [0.2, 0.25) is 0 Å². The quantitative estimate of drug-likeness (QED) is 0.684. The first-order chi connectivity index (χ1) is 6.41. The zero-order chi connectivity index (χ0) is 10.5. The van der Waals surface area contributed by atoms with Crippen LogP contribution in [-0.4, -0.2) is 10.7 Å². The lowest BCUT2D eigenvalue weighted by atomic mass is 9.96. The van der Waals surface area contributed by atoms with Crippen LogP contribution in [0.15, 0.2) is 6.07 Å². The first-order valence-corrected chi connectivity index (χ1v) is 4.92. The molecule has 14 heavy (non-hydrogen) atoms. The van der Waals surface area contributed by atoms with Crippen molar-refractivity contribution in [2.45, 2.75) is 39.7 Å². The van der Waals surface area contributed by atoms with E-state index in [2.05, 4.69) is 6.92 Å². The second-order valence-corrected chi connectivity index (χ2v) is 4.71. The summed E-state index contributed by atoms with van der Waals surface area (Å²) in [6.45, 7) is 8.05. The molecule has 0 bridgehead atoms. The van der Waals surface area contributed by atoms with Crippen LogP contribution < -0.4 is 4.74 Å². The topological polar surface area (TPSA) is 29.5 Å². The Morgan fingerprint density at radius 3 is 2.57 bits per heavy atom. The molecule has 2 rings (SSSR count). The maximum atomic E-state index is 9.85. The molecule has 0 aromatic heterocycles. The van der Waals surface area contributed by atoms with Gasteiger partial charge in [0.05, 0.1) is 0 Å². The highest BCUT2D eigenvalue weighted by Crippen LogP contribution is 2.44. The van der Waals surface area contributed by atoms with Crippen LogP contribution in [0.4, 0.5) is 0 Å². The first-order valence-electron chi connectivity index (χ1n) is 4.92. The Hall–Kier alpha value is -1.18. The molecule has 0 atom stereocenters. The van der Waals surface area contributed by atoms with E-state index in [4.69, 9.17) is 4.74 Å². The summed E-state index contributed by atoms with van der Waals surface area (Å²) >= 11 is 0. The van der Waals surface area contributed by atoms with Crippen LogP contribution >= 0.6 is 0 Å². The third kappa shape index (κ3) is 1.26. The highest BCUT2D eigenvalue weighted by Gasteiger charge is 2.33. The normalized spacial score (nSPS) is 17.7. The van der Waals surface area contributed by atoms with Crippen LogP contribution in [0.5, 0.6) is 11.5 Å². The largest absolute Gasteiger partial charge is 0.504 e. The van der Waals surface area contributed by atoms with Crippen molar-refractivity contribution in [3.05, 3.63) is 22.8 Å². The highest BCUT2D eigenvalue weighted by atomic mass is 16.5. The van der Waals surface area contributed by atoms with Crippen LogP contribution in [-0.2, 0) is 6.42 Å². The molecule has 0 amide bonds. The summed E-state index contributed by atoms with van der Waals surface area (Å²) in [4.78, 5) is 0. The number of benzene rings is 1. The maximum absolute atomic E-state index is 9.85. The van der Waals surface area contributed by atoms with E-state index in [0.717, 1.165) is 17.5 Å². The Labute approximate surface area is 84.5 Å². The standard InChI is InChI=1S/C12H16O2/c1-7-5-8(2)10(13)11-9(7)6-12(3,4)14-11/h5,13H,6H2,1-4H3. The molecule has 76 valence electrons. The van der Waals surface area contributed by atoms with Crippen LogP contribution in [0.3, 0.4) is 0 Å². The van der Waals surface area contributed by atoms with E-state index in [-0.39, 0.29) is 5.60 Å². The fourth-order valence-corrected chi connectivity index (χ4v) is 2.05. The second-order valence-electron chi connectivity index (χ2n) is 4.71. The van der Waals surface area contributed by atoms with Gasteiger partial charge >= 0.3 is 0 Å². The molecule has 2 heteroatoms. The van der Waals surface area contributed by atoms with Crippen LogP contribution in [0.25, 0.3) is 0 Å². The van der Waals surface area contributed by atoms with Gasteiger partial charge in [-0.3, -0.25) is 0 Å². The van der Waals surface area contributed by atoms with Crippen LogP contribution in [0.1, 0.15) is 30.5 Å². The third-order valence-corrected chi connectivity index (χ3v) is 2.75. The molecule has 0 fully saturated rings. The first kappa shape index (κ1) is 9.38. The SMILES string of the molecule is Cc1cc(C)c2c(c1O)OC(C)(C)C2. The van der Waals surface area contributed by atoms with Gasteiger partial charge in [0.25, 0.3) is 0 Å². The minimum atomic E-state index is -0.182. The molecule has 1 heterocycles. The number of phenolic OH excluding ortho intramolecular Hbond substituents is 1. The Kier molecular flexibility index (Phi) is 1.78. The van der Waals surface area contributed by atoms with Gasteiger partial charge in [-0.1, -0.05) is 6.07 Å². The minimum absolute atomic E-state index is 0.182. The summed E-state index contributed by atoms with van der Waals surface area (Å²) in [5, 5.41) is 9.85. The predicted molar refractivity (Wildman–Crippen MR) is 56.0 cm³/mol. The van der Waals surface area contributed by atoms with E-state index in [1.165, 1.54) is 5.56 Å². The fraction of sp³-hybridized carbons (Fsp3) is 0.500. The molecule has 0 aliphatic carbocycles. The molecule has 1 aromatic carbocycles. The number of aryl methyl sites for hydroxylation is 2. The maximum Gasteiger partial charge on any atom is 0.165 e. The van der Waals surface area contributed by atoms with Crippen molar-refractivity contribution < 1.29 is 9.84 Å². The van der Waals surface area contributed by atoms with Crippen molar-refractivity contribution in [3.8, 4) is 11.5 Å². The number of phenols is 1. The summed E-state index contributed by atoms with van der Waals surface area (Å²) < 4.78 is 5.74. The Morgan fingerprint density at radius 2 is 1.93 bits per heavy atom. The van der Waals surface area contributed by atoms with E-state index in [1.807, 2.05) is 26.8 Å². The van der Waals surface area contributed by atoms with Gasteiger partial charge in [0, 0.05) is 12.0 Å². The van der Waals surface area contributed by atoms with Crippen molar-refractivity contribution in [1.82, 2.24) is 0 Å². The van der Waals surface area contributed by atoms with Crippen molar-refractivity contribution in [2.75, 3.05) is 0 Å². The number of ether oxygens (including phenoxy) is 1. The van der Waals surface area contributed by atoms with Crippen molar-refractivity contribution in [2.24, 2.45) is 0 Å². The summed E-state index contributed by atoms with van der Waals surface area (Å²) in [6.07, 6.45) is 0.877. The molecule has 0 spiro atoms. The zero-order valence-corrected chi connectivity index (χ0v) is 9.14. The molecule has 2 nitrogen and oxygen atoms in total. The summed E-state index contributed by atoms with van der Waals surface area (Å²) in [7, 11) is 0. The van der Waals surface area contributed by atoms with Gasteiger partial charge in [0.15, 0.2) is 11.5 Å². The van der Waals surface area contributed by atoms with Gasteiger partial charge in [0.1, 0.15) is 5.60 Å². The molecule has 1 aromatic rings. The summed E-state index contributed by atoms with van der Waals surface area (Å²) in [5.41, 5.74) is 3.07. The van der Waals surface area contributed by atoms with Crippen molar-refractivity contribution in [3.63, 3.8) is 0 Å². The van der Waals surface area contributed by atoms with E-state index >= 15 is 0 Å². The molecule has 0 radical (unpaired) electrons. The summed E-state index contributed by atoms with van der Waals surface area (Å²) in [6, 6.07) is 2.01. The number of hydrogen-bond acceptors (Lipinski definition) is 2. The molecule has 0 saturated carbocycles. The highest BCUT2D eigenvalue weighted by molar-refractivity contribution is 5.56. The van der Waals surface area contributed by atoms with Crippen molar-refractivity contribution >= 4 is 0 Å². The van der Waals surface area contributed by atoms with E-state index in [9.17, 15) is 5.11 Å². The monoisotopic (exact) mass is 192 g/mol.